The summed E-state index contributed by atoms with van der Waals surface area (Å²) < 4.78 is 5.19. The molecule has 62 valence electrons. The van der Waals surface area contributed by atoms with E-state index in [1.165, 1.54) is 0 Å². The van der Waals surface area contributed by atoms with Crippen LogP contribution in [-0.4, -0.2) is 16.8 Å². The second-order valence-corrected chi connectivity index (χ2v) is 2.41. The third-order valence-corrected chi connectivity index (χ3v) is 1.42. The standard InChI is InChI=1S/C8H14N2O/c1-3-5-7-6-8(10-9-7)11-4-2/h6H,3-5H2,1-2H3,(H,9,10). The van der Waals surface area contributed by atoms with Crippen molar-refractivity contribution in [1.29, 1.82) is 0 Å². The van der Waals surface area contributed by atoms with Gasteiger partial charge in [0.05, 0.1) is 6.61 Å². The topological polar surface area (TPSA) is 37.9 Å². The molecular formula is C8H14N2O. The quantitative estimate of drug-likeness (QED) is 0.717. The molecule has 0 saturated carbocycles. The number of aryl methyl sites for hydroxylation is 1. The number of hydrogen-bond donors (Lipinski definition) is 1. The zero-order chi connectivity index (χ0) is 8.10. The summed E-state index contributed by atoms with van der Waals surface area (Å²) in [4.78, 5) is 0. The maximum atomic E-state index is 5.19. The Morgan fingerprint density at radius 3 is 3.00 bits per heavy atom. The third-order valence-electron chi connectivity index (χ3n) is 1.42. The number of ether oxygens (including phenoxy) is 1. The molecule has 3 heteroatoms. The first-order chi connectivity index (χ1) is 5.36. The molecule has 0 aromatic carbocycles. The molecule has 0 aliphatic rings. The highest BCUT2D eigenvalue weighted by Crippen LogP contribution is 2.08. The maximum Gasteiger partial charge on any atom is 0.232 e. The maximum absolute atomic E-state index is 5.19. The molecule has 0 bridgehead atoms. The van der Waals surface area contributed by atoms with Crippen molar-refractivity contribution in [2.75, 3.05) is 6.61 Å². The van der Waals surface area contributed by atoms with Gasteiger partial charge >= 0.3 is 0 Å². The van der Waals surface area contributed by atoms with Gasteiger partial charge < -0.3 is 4.74 Å². The van der Waals surface area contributed by atoms with Crippen LogP contribution in [-0.2, 0) is 6.42 Å². The van der Waals surface area contributed by atoms with Crippen LogP contribution in [0.5, 0.6) is 5.88 Å². The van der Waals surface area contributed by atoms with E-state index >= 15 is 0 Å². The number of aromatic amines is 1. The van der Waals surface area contributed by atoms with Crippen molar-refractivity contribution >= 4 is 0 Å². The second kappa shape index (κ2) is 4.01. The van der Waals surface area contributed by atoms with Crippen LogP contribution < -0.4 is 4.74 Å². The molecule has 11 heavy (non-hydrogen) atoms. The molecule has 0 spiro atoms. The molecule has 0 saturated heterocycles. The normalized spacial score (nSPS) is 10.0. The molecule has 1 rings (SSSR count). The van der Waals surface area contributed by atoms with Crippen LogP contribution in [0.4, 0.5) is 0 Å². The predicted molar refractivity (Wildman–Crippen MR) is 43.8 cm³/mol. The first kappa shape index (κ1) is 8.11. The van der Waals surface area contributed by atoms with Gasteiger partial charge in [-0.2, -0.15) is 0 Å². The lowest BCUT2D eigenvalue weighted by atomic mass is 10.3. The van der Waals surface area contributed by atoms with Crippen LogP contribution in [0.2, 0.25) is 0 Å². The fourth-order valence-electron chi connectivity index (χ4n) is 0.960. The van der Waals surface area contributed by atoms with Gasteiger partial charge in [0.15, 0.2) is 0 Å². The van der Waals surface area contributed by atoms with Crippen LogP contribution >= 0.6 is 0 Å². The van der Waals surface area contributed by atoms with Gasteiger partial charge in [-0.3, -0.25) is 5.10 Å². The summed E-state index contributed by atoms with van der Waals surface area (Å²) in [6.45, 7) is 4.77. The number of nitrogens with one attached hydrogen (secondary N) is 1. The number of nitrogens with zero attached hydrogens (tertiary/aromatic N) is 1. The van der Waals surface area contributed by atoms with E-state index in [-0.39, 0.29) is 0 Å². The average molecular weight is 154 g/mol. The highest BCUT2D eigenvalue weighted by atomic mass is 16.5. The van der Waals surface area contributed by atoms with E-state index in [2.05, 4.69) is 17.1 Å². The monoisotopic (exact) mass is 154 g/mol. The van der Waals surface area contributed by atoms with Gasteiger partial charge in [0.25, 0.3) is 0 Å². The minimum absolute atomic E-state index is 0.677. The van der Waals surface area contributed by atoms with Crippen molar-refractivity contribution in [2.45, 2.75) is 26.7 Å². The molecule has 0 aliphatic carbocycles. The van der Waals surface area contributed by atoms with Crippen molar-refractivity contribution in [3.05, 3.63) is 11.8 Å². The van der Waals surface area contributed by atoms with E-state index in [0.29, 0.717) is 12.5 Å². The van der Waals surface area contributed by atoms with Crippen molar-refractivity contribution in [3.8, 4) is 5.88 Å². The fraction of sp³-hybridized carbons (Fsp3) is 0.625. The van der Waals surface area contributed by atoms with E-state index in [4.69, 9.17) is 4.74 Å². The van der Waals surface area contributed by atoms with Gasteiger partial charge in [-0.25, -0.2) is 0 Å². The Morgan fingerprint density at radius 1 is 1.55 bits per heavy atom. The van der Waals surface area contributed by atoms with Crippen LogP contribution in [0.1, 0.15) is 26.0 Å². The Labute approximate surface area is 66.8 Å². The molecule has 0 unspecified atom stereocenters. The van der Waals surface area contributed by atoms with E-state index in [9.17, 15) is 0 Å². The van der Waals surface area contributed by atoms with Crippen molar-refractivity contribution in [2.24, 2.45) is 0 Å². The van der Waals surface area contributed by atoms with Crippen LogP contribution in [0.25, 0.3) is 0 Å². The molecule has 0 radical (unpaired) electrons. The first-order valence-electron chi connectivity index (χ1n) is 4.04. The van der Waals surface area contributed by atoms with Gasteiger partial charge in [0.2, 0.25) is 5.88 Å². The van der Waals surface area contributed by atoms with Gasteiger partial charge in [-0.15, -0.1) is 5.10 Å². The zero-order valence-electron chi connectivity index (χ0n) is 7.05. The Kier molecular flexibility index (Phi) is 2.95. The molecule has 0 amide bonds. The summed E-state index contributed by atoms with van der Waals surface area (Å²) in [5.41, 5.74) is 1.15. The van der Waals surface area contributed by atoms with E-state index in [0.717, 1.165) is 18.5 Å². The lowest BCUT2D eigenvalue weighted by molar-refractivity contribution is 0.326. The summed E-state index contributed by atoms with van der Waals surface area (Å²) in [6, 6.07) is 1.95. The van der Waals surface area contributed by atoms with Gasteiger partial charge in [0, 0.05) is 11.8 Å². The molecule has 1 N–H and O–H groups in total. The first-order valence-corrected chi connectivity index (χ1v) is 4.04. The molecule has 0 atom stereocenters. The molecular weight excluding hydrogens is 140 g/mol. The van der Waals surface area contributed by atoms with Crippen molar-refractivity contribution < 1.29 is 4.74 Å². The summed E-state index contributed by atoms with van der Waals surface area (Å²) in [6.07, 6.45) is 2.17. The number of rotatable bonds is 4. The second-order valence-electron chi connectivity index (χ2n) is 2.41. The molecule has 0 fully saturated rings. The van der Waals surface area contributed by atoms with E-state index in [1.54, 1.807) is 0 Å². The smallest absolute Gasteiger partial charge is 0.232 e. The lowest BCUT2D eigenvalue weighted by Crippen LogP contribution is -1.90. The minimum atomic E-state index is 0.677. The van der Waals surface area contributed by atoms with Crippen molar-refractivity contribution in [3.63, 3.8) is 0 Å². The number of hydrogen-bond acceptors (Lipinski definition) is 2. The number of aromatic nitrogens is 2. The SMILES string of the molecule is CCCc1cc(OCC)n[nH]1. The molecule has 1 aromatic rings. The van der Waals surface area contributed by atoms with Crippen molar-refractivity contribution in [1.82, 2.24) is 10.2 Å². The van der Waals surface area contributed by atoms with Crippen LogP contribution in [0.15, 0.2) is 6.07 Å². The predicted octanol–water partition coefficient (Wildman–Crippen LogP) is 1.76. The Hall–Kier alpha value is -0.990. The summed E-state index contributed by atoms with van der Waals surface area (Å²) >= 11 is 0. The van der Waals surface area contributed by atoms with E-state index in [1.807, 2.05) is 13.0 Å². The van der Waals surface area contributed by atoms with Crippen LogP contribution in [0, 0.1) is 0 Å². The molecule has 3 nitrogen and oxygen atoms in total. The average Bonchev–Trinajstić information content (AvgIpc) is 2.38. The largest absolute Gasteiger partial charge is 0.477 e. The Balaban J connectivity index is 2.51. The van der Waals surface area contributed by atoms with Crippen LogP contribution in [0.3, 0.4) is 0 Å². The van der Waals surface area contributed by atoms with Gasteiger partial charge in [0.1, 0.15) is 0 Å². The van der Waals surface area contributed by atoms with Gasteiger partial charge in [-0.1, -0.05) is 13.3 Å². The Morgan fingerprint density at radius 2 is 2.36 bits per heavy atom. The third kappa shape index (κ3) is 2.26. The van der Waals surface area contributed by atoms with Gasteiger partial charge in [-0.05, 0) is 13.3 Å². The highest BCUT2D eigenvalue weighted by molar-refractivity contribution is 5.13. The minimum Gasteiger partial charge on any atom is -0.477 e. The van der Waals surface area contributed by atoms with E-state index < -0.39 is 0 Å². The Bertz CT molecular complexity index is 187. The zero-order valence-corrected chi connectivity index (χ0v) is 7.05. The molecule has 0 aliphatic heterocycles. The summed E-state index contributed by atoms with van der Waals surface area (Å²) in [7, 11) is 0. The summed E-state index contributed by atoms with van der Waals surface area (Å²) in [5.74, 6) is 0.705. The fourth-order valence-corrected chi connectivity index (χ4v) is 0.960. The summed E-state index contributed by atoms with van der Waals surface area (Å²) in [5, 5.41) is 6.89. The highest BCUT2D eigenvalue weighted by Gasteiger charge is 1.98. The number of H-pyrrole nitrogens is 1. The molecule has 1 aromatic heterocycles. The lowest BCUT2D eigenvalue weighted by Gasteiger charge is -1.92. The molecule has 1 heterocycles.